The number of hydrogen-bond acceptors (Lipinski definition) is 6. The molecule has 1 amide bonds. The zero-order valence-electron chi connectivity index (χ0n) is 18.0. The van der Waals surface area contributed by atoms with Gasteiger partial charge in [0.1, 0.15) is 5.82 Å². The van der Waals surface area contributed by atoms with Gasteiger partial charge >= 0.3 is 0 Å². The van der Waals surface area contributed by atoms with E-state index in [2.05, 4.69) is 20.1 Å². The topological polar surface area (TPSA) is 90.9 Å². The Bertz CT molecular complexity index is 1090. The van der Waals surface area contributed by atoms with E-state index in [0.717, 1.165) is 73.8 Å². The molecule has 0 bridgehead atoms. The number of piperidine rings is 1. The lowest BCUT2D eigenvalue weighted by Gasteiger charge is -2.34. The molecule has 8 nitrogen and oxygen atoms in total. The second kappa shape index (κ2) is 8.09. The Labute approximate surface area is 181 Å². The molecule has 4 heterocycles. The monoisotopic (exact) mass is 417 g/mol. The summed E-state index contributed by atoms with van der Waals surface area (Å²) in [6, 6.07) is 3.93. The Kier molecular flexibility index (Phi) is 5.13. The van der Waals surface area contributed by atoms with Crippen molar-refractivity contribution in [1.29, 1.82) is 0 Å². The second-order valence-corrected chi connectivity index (χ2v) is 8.57. The van der Waals surface area contributed by atoms with Crippen molar-refractivity contribution in [3.8, 4) is 11.4 Å². The average Bonchev–Trinajstić information content (AvgIpc) is 3.48. The molecule has 0 spiro atoms. The second-order valence-electron chi connectivity index (χ2n) is 8.57. The number of hydrogen-bond donors (Lipinski definition) is 1. The molecule has 0 unspecified atom stereocenters. The van der Waals surface area contributed by atoms with Crippen molar-refractivity contribution in [1.82, 2.24) is 30.0 Å². The summed E-state index contributed by atoms with van der Waals surface area (Å²) in [5, 5.41) is 7.29. The van der Waals surface area contributed by atoms with Crippen molar-refractivity contribution in [2.24, 2.45) is 0 Å². The number of amides is 1. The summed E-state index contributed by atoms with van der Waals surface area (Å²) in [4.78, 5) is 30.7. The average molecular weight is 418 g/mol. The molecule has 1 atom stereocenters. The van der Waals surface area contributed by atoms with E-state index in [0.29, 0.717) is 5.56 Å². The fraction of sp³-hybridized carbons (Fsp3) is 0.435. The standard InChI is InChI=1S/C23H27N7O/c1-29(2)23(31)18-13-25-28-20(18)16-7-5-11-30(14-16)22-17-8-3-9-19(17)26-21(27-22)15-6-4-10-24-12-15/h4,6,10,12-13,16H,3,5,7-9,11,14H2,1-2H3,(H,25,28)/t16-/m1/s1. The van der Waals surface area contributed by atoms with Crippen LogP contribution >= 0.6 is 0 Å². The number of aromatic nitrogens is 5. The van der Waals surface area contributed by atoms with Crippen LogP contribution in [-0.2, 0) is 12.8 Å². The number of carbonyl (C=O) groups excluding carboxylic acids is 1. The summed E-state index contributed by atoms with van der Waals surface area (Å²) in [5.74, 6) is 1.99. The molecule has 1 aliphatic heterocycles. The lowest BCUT2D eigenvalue weighted by molar-refractivity contribution is 0.0826. The highest BCUT2D eigenvalue weighted by Gasteiger charge is 2.31. The Morgan fingerprint density at radius 3 is 2.90 bits per heavy atom. The fourth-order valence-electron chi connectivity index (χ4n) is 4.72. The summed E-state index contributed by atoms with van der Waals surface area (Å²) in [5.41, 5.74) is 4.99. The third-order valence-corrected chi connectivity index (χ3v) is 6.27. The third-order valence-electron chi connectivity index (χ3n) is 6.27. The molecule has 8 heteroatoms. The number of anilines is 1. The predicted molar refractivity (Wildman–Crippen MR) is 118 cm³/mol. The molecule has 0 saturated carbocycles. The molecular formula is C23H27N7O. The Morgan fingerprint density at radius 2 is 2.10 bits per heavy atom. The number of rotatable bonds is 4. The molecular weight excluding hydrogens is 390 g/mol. The normalized spacial score (nSPS) is 18.1. The van der Waals surface area contributed by atoms with Crippen LogP contribution in [0.3, 0.4) is 0 Å². The number of fused-ring (bicyclic) bond motifs is 1. The van der Waals surface area contributed by atoms with E-state index in [1.807, 2.05) is 18.3 Å². The van der Waals surface area contributed by atoms with Crippen molar-refractivity contribution in [2.75, 3.05) is 32.1 Å². The maximum atomic E-state index is 12.6. The Hall–Kier alpha value is -3.29. The molecule has 31 heavy (non-hydrogen) atoms. The highest BCUT2D eigenvalue weighted by Crippen LogP contribution is 2.36. The van der Waals surface area contributed by atoms with Crippen molar-refractivity contribution >= 4 is 11.7 Å². The summed E-state index contributed by atoms with van der Waals surface area (Å²) >= 11 is 0. The van der Waals surface area contributed by atoms with Crippen LogP contribution in [0.2, 0.25) is 0 Å². The van der Waals surface area contributed by atoms with Gasteiger partial charge in [0.05, 0.1) is 17.5 Å². The van der Waals surface area contributed by atoms with Crippen LogP contribution in [0.1, 0.15) is 52.5 Å². The van der Waals surface area contributed by atoms with Crippen LogP contribution in [0.25, 0.3) is 11.4 Å². The van der Waals surface area contributed by atoms with E-state index in [9.17, 15) is 4.79 Å². The largest absolute Gasteiger partial charge is 0.356 e. The minimum atomic E-state index is -0.0114. The zero-order valence-corrected chi connectivity index (χ0v) is 18.0. The quantitative estimate of drug-likeness (QED) is 0.702. The summed E-state index contributed by atoms with van der Waals surface area (Å²) in [6.45, 7) is 1.77. The number of H-pyrrole nitrogens is 1. The molecule has 3 aromatic rings. The summed E-state index contributed by atoms with van der Waals surface area (Å²) < 4.78 is 0. The lowest BCUT2D eigenvalue weighted by Crippen LogP contribution is -2.36. The van der Waals surface area contributed by atoms with Crippen molar-refractivity contribution in [3.05, 3.63) is 53.2 Å². The van der Waals surface area contributed by atoms with E-state index in [-0.39, 0.29) is 11.8 Å². The number of pyridine rings is 1. The third kappa shape index (κ3) is 3.66. The first-order valence-electron chi connectivity index (χ1n) is 10.9. The molecule has 5 rings (SSSR count). The molecule has 1 fully saturated rings. The van der Waals surface area contributed by atoms with Crippen LogP contribution in [0, 0.1) is 0 Å². The van der Waals surface area contributed by atoms with E-state index < -0.39 is 0 Å². The number of nitrogens with one attached hydrogen (secondary N) is 1. The predicted octanol–water partition coefficient (Wildman–Crippen LogP) is 2.84. The van der Waals surface area contributed by atoms with Gasteiger partial charge in [-0.3, -0.25) is 14.9 Å². The molecule has 0 aromatic carbocycles. The number of nitrogens with zero attached hydrogens (tertiary/aromatic N) is 6. The van der Waals surface area contributed by atoms with Gasteiger partial charge in [-0.25, -0.2) is 9.97 Å². The van der Waals surface area contributed by atoms with Crippen molar-refractivity contribution in [2.45, 2.75) is 38.0 Å². The van der Waals surface area contributed by atoms with E-state index in [1.54, 1.807) is 31.4 Å². The van der Waals surface area contributed by atoms with E-state index >= 15 is 0 Å². The van der Waals surface area contributed by atoms with Crippen LogP contribution < -0.4 is 4.90 Å². The number of aromatic amines is 1. The van der Waals surface area contributed by atoms with Crippen molar-refractivity contribution in [3.63, 3.8) is 0 Å². The Morgan fingerprint density at radius 1 is 1.19 bits per heavy atom. The Balaban J connectivity index is 1.48. The van der Waals surface area contributed by atoms with E-state index in [1.165, 1.54) is 5.56 Å². The number of carbonyl (C=O) groups is 1. The fourth-order valence-corrected chi connectivity index (χ4v) is 4.72. The summed E-state index contributed by atoms with van der Waals surface area (Å²) in [7, 11) is 3.55. The van der Waals surface area contributed by atoms with Gasteiger partial charge < -0.3 is 9.80 Å². The van der Waals surface area contributed by atoms with Crippen LogP contribution in [0.5, 0.6) is 0 Å². The van der Waals surface area contributed by atoms with Crippen molar-refractivity contribution < 1.29 is 4.79 Å². The van der Waals surface area contributed by atoms with Gasteiger partial charge in [-0.1, -0.05) is 0 Å². The van der Waals surface area contributed by atoms with Crippen LogP contribution in [0.4, 0.5) is 5.82 Å². The first-order chi connectivity index (χ1) is 15.1. The first-order valence-corrected chi connectivity index (χ1v) is 10.9. The van der Waals surface area contributed by atoms with Gasteiger partial charge in [-0.05, 0) is 44.2 Å². The molecule has 0 radical (unpaired) electrons. The van der Waals surface area contributed by atoms with Gasteiger partial charge in [0, 0.05) is 62.3 Å². The zero-order chi connectivity index (χ0) is 21.4. The smallest absolute Gasteiger partial charge is 0.256 e. The molecule has 1 N–H and O–H groups in total. The molecule has 1 saturated heterocycles. The highest BCUT2D eigenvalue weighted by atomic mass is 16.2. The maximum Gasteiger partial charge on any atom is 0.256 e. The number of aryl methyl sites for hydroxylation is 1. The maximum absolute atomic E-state index is 12.6. The lowest BCUT2D eigenvalue weighted by atomic mass is 9.92. The molecule has 2 aliphatic rings. The van der Waals surface area contributed by atoms with E-state index in [4.69, 9.17) is 9.97 Å². The van der Waals surface area contributed by atoms with Crippen LogP contribution in [-0.4, -0.2) is 63.1 Å². The first kappa shape index (κ1) is 19.7. The molecule has 1 aliphatic carbocycles. The van der Waals surface area contributed by atoms with Gasteiger partial charge in [0.2, 0.25) is 0 Å². The van der Waals surface area contributed by atoms with Gasteiger partial charge in [-0.15, -0.1) is 0 Å². The minimum absolute atomic E-state index is 0.0114. The summed E-state index contributed by atoms with van der Waals surface area (Å²) in [6.07, 6.45) is 10.4. The molecule has 3 aromatic heterocycles. The van der Waals surface area contributed by atoms with Gasteiger partial charge in [-0.2, -0.15) is 5.10 Å². The highest BCUT2D eigenvalue weighted by molar-refractivity contribution is 5.95. The van der Waals surface area contributed by atoms with Gasteiger partial charge in [0.15, 0.2) is 5.82 Å². The van der Waals surface area contributed by atoms with Crippen LogP contribution in [0.15, 0.2) is 30.7 Å². The minimum Gasteiger partial charge on any atom is -0.356 e. The SMILES string of the molecule is CN(C)C(=O)c1cn[nH]c1[C@@H]1CCCN(c2nc(-c3cccnc3)nc3c2CCC3)C1. The van der Waals surface area contributed by atoms with Gasteiger partial charge in [0.25, 0.3) is 5.91 Å². The molecule has 160 valence electrons.